The minimum atomic E-state index is -1.07. The number of nitrogens with one attached hydrogen (secondary N) is 1. The molecule has 0 spiro atoms. The van der Waals surface area contributed by atoms with Crippen molar-refractivity contribution in [2.24, 2.45) is 11.7 Å². The number of amides is 1. The Balaban J connectivity index is 1.71. The molecule has 4 atom stereocenters. The van der Waals surface area contributed by atoms with Crippen LogP contribution in [0.15, 0.2) is 60.7 Å². The van der Waals surface area contributed by atoms with Crippen LogP contribution < -0.4 is 25.3 Å². The second-order valence-electron chi connectivity index (χ2n) is 11.9. The fourth-order valence-electron chi connectivity index (χ4n) is 8.02. The van der Waals surface area contributed by atoms with Crippen LogP contribution >= 0.6 is 23.2 Å². The Bertz CT molecular complexity index is 1520. The van der Waals surface area contributed by atoms with Crippen molar-refractivity contribution in [2.45, 2.75) is 43.1 Å². The van der Waals surface area contributed by atoms with Crippen LogP contribution in [0.2, 0.25) is 10.0 Å². The molecule has 3 aromatic rings. The van der Waals surface area contributed by atoms with E-state index in [4.69, 9.17) is 43.1 Å². The number of piperidine rings is 1. The molecule has 2 heterocycles. The maximum absolute atomic E-state index is 14.2. The van der Waals surface area contributed by atoms with Crippen LogP contribution in [0, 0.1) is 5.92 Å². The smallest absolute Gasteiger partial charge is 0.228 e. The van der Waals surface area contributed by atoms with E-state index in [1.807, 2.05) is 42.5 Å². The van der Waals surface area contributed by atoms with Crippen LogP contribution in [0.4, 0.5) is 0 Å². The quantitative estimate of drug-likeness (QED) is 0.249. The van der Waals surface area contributed by atoms with E-state index in [1.54, 1.807) is 18.2 Å². The normalized spacial score (nSPS) is 25.1. The molecule has 0 aliphatic carbocycles. The van der Waals surface area contributed by atoms with E-state index < -0.39 is 22.8 Å². The standard InChI is InChI=1S/C35H41Cl2N3O5/c1-5-35(25-13-15-39-20-25)32(22-11-12-26(36)27(37)17-22)34(33(38)42,24-9-7-6-8-10-24)14-16-40(35)21-28(41)23-18-29(43-2)31(45-4)30(19-23)44-3/h6-12,17-19,25,32,39H,5,13-16,20-21H2,1-4H3,(H2,38,42). The van der Waals surface area contributed by atoms with E-state index in [2.05, 4.69) is 17.1 Å². The molecule has 0 radical (unpaired) electrons. The molecule has 2 saturated heterocycles. The Hall–Kier alpha value is -3.30. The maximum Gasteiger partial charge on any atom is 0.228 e. The Kier molecular flexibility index (Phi) is 9.99. The SMILES string of the molecule is CCC1(C2CCNC2)C(c2ccc(Cl)c(Cl)c2)C(C(N)=O)(c2ccccc2)CCN1CC(=O)c1cc(OC)c(OC)c(OC)c1. The second kappa shape index (κ2) is 13.6. The van der Waals surface area contributed by atoms with Gasteiger partial charge in [0.15, 0.2) is 17.3 Å². The fourth-order valence-corrected chi connectivity index (χ4v) is 8.32. The zero-order valence-electron chi connectivity index (χ0n) is 26.2. The molecule has 240 valence electrons. The van der Waals surface area contributed by atoms with E-state index >= 15 is 0 Å². The van der Waals surface area contributed by atoms with Crippen molar-refractivity contribution in [3.8, 4) is 17.2 Å². The monoisotopic (exact) mass is 653 g/mol. The lowest BCUT2D eigenvalue weighted by atomic mass is 9.51. The third-order valence-electron chi connectivity index (χ3n) is 10.0. The van der Waals surface area contributed by atoms with Crippen LogP contribution in [0.25, 0.3) is 0 Å². The lowest BCUT2D eigenvalue weighted by molar-refractivity contribution is -0.133. The maximum atomic E-state index is 14.2. The summed E-state index contributed by atoms with van der Waals surface area (Å²) in [5.41, 5.74) is 6.94. The third kappa shape index (κ3) is 5.67. The highest BCUT2D eigenvalue weighted by Crippen LogP contribution is 2.58. The molecule has 5 rings (SSSR count). The number of ketones is 1. The molecule has 0 saturated carbocycles. The minimum absolute atomic E-state index is 0.0998. The van der Waals surface area contributed by atoms with Crippen LogP contribution in [0.1, 0.15) is 53.6 Å². The number of nitrogens with zero attached hydrogens (tertiary/aromatic N) is 1. The Morgan fingerprint density at radius 1 is 0.978 bits per heavy atom. The summed E-state index contributed by atoms with van der Waals surface area (Å²) >= 11 is 13.1. The number of nitrogens with two attached hydrogens (primary N) is 1. The van der Waals surface area contributed by atoms with Gasteiger partial charge in [-0.25, -0.2) is 0 Å². The van der Waals surface area contributed by atoms with Gasteiger partial charge in [0, 0.05) is 23.6 Å². The molecule has 2 fully saturated rings. The highest BCUT2D eigenvalue weighted by atomic mass is 35.5. The molecular formula is C35H41Cl2N3O5. The molecule has 0 aromatic heterocycles. The zero-order valence-corrected chi connectivity index (χ0v) is 27.7. The number of hydrogen-bond donors (Lipinski definition) is 2. The van der Waals surface area contributed by atoms with E-state index in [9.17, 15) is 9.59 Å². The first-order valence-electron chi connectivity index (χ1n) is 15.3. The van der Waals surface area contributed by atoms with Gasteiger partial charge in [-0.15, -0.1) is 0 Å². The van der Waals surface area contributed by atoms with Gasteiger partial charge in [0.05, 0.1) is 43.3 Å². The highest BCUT2D eigenvalue weighted by molar-refractivity contribution is 6.42. The highest BCUT2D eigenvalue weighted by Gasteiger charge is 2.63. The number of Topliss-reactive ketones (excluding diaryl/α,β-unsaturated/α-hetero) is 1. The fraction of sp³-hybridized carbons (Fsp3) is 0.429. The van der Waals surface area contributed by atoms with Crippen molar-refractivity contribution >= 4 is 34.9 Å². The molecule has 0 bridgehead atoms. The topological polar surface area (TPSA) is 103 Å². The van der Waals surface area contributed by atoms with Crippen molar-refractivity contribution < 1.29 is 23.8 Å². The lowest BCUT2D eigenvalue weighted by Gasteiger charge is -2.61. The van der Waals surface area contributed by atoms with Crippen LogP contribution in [-0.2, 0) is 10.2 Å². The Morgan fingerprint density at radius 2 is 1.67 bits per heavy atom. The number of benzene rings is 3. The van der Waals surface area contributed by atoms with Crippen LogP contribution in [-0.4, -0.2) is 69.6 Å². The van der Waals surface area contributed by atoms with Crippen LogP contribution in [0.3, 0.4) is 0 Å². The van der Waals surface area contributed by atoms with Crippen molar-refractivity contribution in [2.75, 3.05) is 47.5 Å². The molecule has 3 aromatic carbocycles. The number of primary amides is 1. The number of likely N-dealkylation sites (tertiary alicyclic amines) is 1. The number of ether oxygens (including phenoxy) is 3. The number of hydrogen-bond acceptors (Lipinski definition) is 7. The van der Waals surface area contributed by atoms with Gasteiger partial charge in [0.25, 0.3) is 0 Å². The third-order valence-corrected chi connectivity index (χ3v) is 10.8. The number of halogens is 2. The van der Waals surface area contributed by atoms with E-state index in [0.717, 1.165) is 30.6 Å². The van der Waals surface area contributed by atoms with Gasteiger partial charge in [0.2, 0.25) is 11.7 Å². The summed E-state index contributed by atoms with van der Waals surface area (Å²) in [5, 5.41) is 4.38. The average molecular weight is 655 g/mol. The molecular weight excluding hydrogens is 613 g/mol. The van der Waals surface area contributed by atoms with Crippen molar-refractivity contribution in [1.29, 1.82) is 0 Å². The Labute approximate surface area is 275 Å². The van der Waals surface area contributed by atoms with Gasteiger partial charge < -0.3 is 25.3 Å². The summed E-state index contributed by atoms with van der Waals surface area (Å²) in [6.45, 7) is 4.32. The van der Waals surface area contributed by atoms with Gasteiger partial charge in [0.1, 0.15) is 0 Å². The van der Waals surface area contributed by atoms with E-state index in [-0.39, 0.29) is 18.2 Å². The second-order valence-corrected chi connectivity index (χ2v) is 12.7. The predicted octanol–water partition coefficient (Wildman–Crippen LogP) is 5.87. The van der Waals surface area contributed by atoms with Crippen LogP contribution in [0.5, 0.6) is 17.2 Å². The van der Waals surface area contributed by atoms with Crippen molar-refractivity contribution in [1.82, 2.24) is 10.2 Å². The molecule has 2 aliphatic rings. The zero-order chi connectivity index (χ0) is 32.4. The van der Waals surface area contributed by atoms with Gasteiger partial charge in [-0.2, -0.15) is 0 Å². The van der Waals surface area contributed by atoms with Gasteiger partial charge in [-0.3, -0.25) is 14.5 Å². The summed E-state index contributed by atoms with van der Waals surface area (Å²) < 4.78 is 16.6. The molecule has 10 heteroatoms. The van der Waals surface area contributed by atoms with Crippen molar-refractivity contribution in [3.63, 3.8) is 0 Å². The number of rotatable bonds is 11. The summed E-state index contributed by atoms with van der Waals surface area (Å²) in [4.78, 5) is 30.5. The summed E-state index contributed by atoms with van der Waals surface area (Å²) in [5.74, 6) is 0.412. The number of methoxy groups -OCH3 is 3. The summed E-state index contributed by atoms with van der Waals surface area (Å²) in [6, 6.07) is 18.8. The molecule has 8 nitrogen and oxygen atoms in total. The first-order chi connectivity index (χ1) is 21.7. The minimum Gasteiger partial charge on any atom is -0.493 e. The van der Waals surface area contributed by atoms with Gasteiger partial charge in [-0.1, -0.05) is 66.5 Å². The average Bonchev–Trinajstić information content (AvgIpc) is 3.61. The molecule has 1 amide bonds. The Morgan fingerprint density at radius 3 is 2.20 bits per heavy atom. The lowest BCUT2D eigenvalue weighted by Crippen LogP contribution is -2.70. The number of carbonyl (C=O) groups excluding carboxylic acids is 2. The number of carbonyl (C=O) groups is 2. The first kappa shape index (κ1) is 33.1. The van der Waals surface area contributed by atoms with E-state index in [1.165, 1.54) is 21.3 Å². The van der Waals surface area contributed by atoms with Gasteiger partial charge >= 0.3 is 0 Å². The molecule has 2 aliphatic heterocycles. The molecule has 4 unspecified atom stereocenters. The van der Waals surface area contributed by atoms with Crippen molar-refractivity contribution in [3.05, 3.63) is 87.4 Å². The van der Waals surface area contributed by atoms with E-state index in [0.29, 0.717) is 52.2 Å². The first-order valence-corrected chi connectivity index (χ1v) is 16.0. The molecule has 45 heavy (non-hydrogen) atoms. The predicted molar refractivity (Wildman–Crippen MR) is 177 cm³/mol. The van der Waals surface area contributed by atoms with Gasteiger partial charge in [-0.05, 0) is 73.7 Å². The largest absolute Gasteiger partial charge is 0.493 e. The molecule has 3 N–H and O–H groups in total. The summed E-state index contributed by atoms with van der Waals surface area (Å²) in [6.07, 6.45) is 1.96. The summed E-state index contributed by atoms with van der Waals surface area (Å²) in [7, 11) is 4.59.